The highest BCUT2D eigenvalue weighted by Gasteiger charge is 2.21. The van der Waals surface area contributed by atoms with Gasteiger partial charge in [-0.15, -0.1) is 11.8 Å². The maximum atomic E-state index is 12.8. The molecule has 2 aromatic rings. The van der Waals surface area contributed by atoms with Crippen molar-refractivity contribution in [1.82, 2.24) is 10.2 Å². The van der Waals surface area contributed by atoms with Gasteiger partial charge < -0.3 is 15.5 Å². The van der Waals surface area contributed by atoms with Crippen LogP contribution in [0.3, 0.4) is 0 Å². The molecule has 6 nitrogen and oxygen atoms in total. The van der Waals surface area contributed by atoms with Crippen molar-refractivity contribution in [3.63, 3.8) is 0 Å². The molecule has 0 radical (unpaired) electrons. The van der Waals surface area contributed by atoms with E-state index in [0.29, 0.717) is 16.8 Å². The van der Waals surface area contributed by atoms with Crippen molar-refractivity contribution in [1.29, 1.82) is 5.26 Å². The van der Waals surface area contributed by atoms with E-state index >= 15 is 0 Å². The first kappa shape index (κ1) is 21.9. The van der Waals surface area contributed by atoms with Crippen LogP contribution in [0.25, 0.3) is 0 Å². The van der Waals surface area contributed by atoms with Crippen LogP contribution >= 0.6 is 11.8 Å². The van der Waals surface area contributed by atoms with Gasteiger partial charge in [-0.3, -0.25) is 9.59 Å². The van der Waals surface area contributed by atoms with Crippen molar-refractivity contribution in [3.05, 3.63) is 59.7 Å². The molecule has 2 amide bonds. The van der Waals surface area contributed by atoms with Gasteiger partial charge in [-0.1, -0.05) is 25.1 Å². The van der Waals surface area contributed by atoms with Crippen LogP contribution in [0.4, 0.5) is 5.69 Å². The van der Waals surface area contributed by atoms with E-state index in [1.165, 1.54) is 11.8 Å². The van der Waals surface area contributed by atoms with Crippen molar-refractivity contribution >= 4 is 29.3 Å². The van der Waals surface area contributed by atoms with Gasteiger partial charge in [0.1, 0.15) is 0 Å². The number of hydrogen-bond donors (Lipinski definition) is 2. The van der Waals surface area contributed by atoms with Crippen LogP contribution in [0.1, 0.15) is 35.7 Å². The quantitative estimate of drug-likeness (QED) is 0.667. The van der Waals surface area contributed by atoms with Gasteiger partial charge in [-0.05, 0) is 49.7 Å². The summed E-state index contributed by atoms with van der Waals surface area (Å²) in [5.41, 5.74) is 1.68. The largest absolute Gasteiger partial charge is 0.349 e. The predicted molar refractivity (Wildman–Crippen MR) is 120 cm³/mol. The maximum Gasteiger partial charge on any atom is 0.252 e. The number of carbonyl (C=O) groups excluding carboxylic acids is 2. The van der Waals surface area contributed by atoms with Gasteiger partial charge in [-0.25, -0.2) is 0 Å². The lowest BCUT2D eigenvalue weighted by Crippen LogP contribution is -2.44. The van der Waals surface area contributed by atoms with Crippen molar-refractivity contribution < 1.29 is 9.59 Å². The van der Waals surface area contributed by atoms with E-state index in [4.69, 9.17) is 5.26 Å². The van der Waals surface area contributed by atoms with Gasteiger partial charge in [0.05, 0.1) is 22.9 Å². The van der Waals surface area contributed by atoms with Gasteiger partial charge in [-0.2, -0.15) is 5.26 Å². The highest BCUT2D eigenvalue weighted by molar-refractivity contribution is 8.00. The SMILES string of the molecule is CCN1CCC(NC(=O)c2ccccc2SCC(=O)Nc2cccc(C#N)c2)CC1. The number of thioether (sulfide) groups is 1. The third-order valence-electron chi connectivity index (χ3n) is 5.14. The fraction of sp³-hybridized carbons (Fsp3) is 0.348. The Morgan fingerprint density at radius 2 is 1.93 bits per heavy atom. The molecule has 7 heteroatoms. The molecule has 0 aliphatic carbocycles. The molecule has 0 saturated carbocycles. The third kappa shape index (κ3) is 6.09. The van der Waals surface area contributed by atoms with Gasteiger partial charge in [0, 0.05) is 29.7 Å². The smallest absolute Gasteiger partial charge is 0.252 e. The Morgan fingerprint density at radius 1 is 1.17 bits per heavy atom. The Balaban J connectivity index is 1.56. The van der Waals surface area contributed by atoms with E-state index in [2.05, 4.69) is 28.5 Å². The van der Waals surface area contributed by atoms with Crippen LogP contribution in [-0.4, -0.2) is 48.1 Å². The number of benzene rings is 2. The molecule has 1 saturated heterocycles. The Hall–Kier alpha value is -2.82. The summed E-state index contributed by atoms with van der Waals surface area (Å²) in [6.07, 6.45) is 1.91. The lowest BCUT2D eigenvalue weighted by Gasteiger charge is -2.31. The molecule has 156 valence electrons. The van der Waals surface area contributed by atoms with Crippen molar-refractivity contribution in [2.24, 2.45) is 0 Å². The second-order valence-corrected chi connectivity index (χ2v) is 8.22. The molecule has 0 spiro atoms. The summed E-state index contributed by atoms with van der Waals surface area (Å²) in [5, 5.41) is 14.9. The van der Waals surface area contributed by atoms with E-state index in [0.717, 1.165) is 37.4 Å². The number of carbonyl (C=O) groups is 2. The number of piperidine rings is 1. The molecule has 0 bridgehead atoms. The number of rotatable bonds is 7. The molecule has 1 heterocycles. The van der Waals surface area contributed by atoms with Gasteiger partial charge >= 0.3 is 0 Å². The van der Waals surface area contributed by atoms with Gasteiger partial charge in [0.25, 0.3) is 5.91 Å². The topological polar surface area (TPSA) is 85.2 Å². The van der Waals surface area contributed by atoms with Crippen LogP contribution in [0, 0.1) is 11.3 Å². The predicted octanol–water partition coefficient (Wildman–Crippen LogP) is 3.50. The summed E-state index contributed by atoms with van der Waals surface area (Å²) in [6, 6.07) is 16.4. The first-order valence-corrected chi connectivity index (χ1v) is 11.1. The normalized spacial score (nSPS) is 14.7. The van der Waals surface area contributed by atoms with Crippen LogP contribution in [0.5, 0.6) is 0 Å². The second kappa shape index (κ2) is 10.8. The van der Waals surface area contributed by atoms with Crippen LogP contribution in [-0.2, 0) is 4.79 Å². The summed E-state index contributed by atoms with van der Waals surface area (Å²) in [4.78, 5) is 28.3. The van der Waals surface area contributed by atoms with Crippen molar-refractivity contribution in [2.75, 3.05) is 30.7 Å². The molecule has 3 rings (SSSR count). The summed E-state index contributed by atoms with van der Waals surface area (Å²) in [6.45, 7) is 5.21. The summed E-state index contributed by atoms with van der Waals surface area (Å²) in [7, 11) is 0. The average Bonchev–Trinajstić information content (AvgIpc) is 2.78. The van der Waals surface area contributed by atoms with Gasteiger partial charge in [0.15, 0.2) is 0 Å². The molecule has 0 aromatic heterocycles. The molecular formula is C23H26N4O2S. The standard InChI is InChI=1S/C23H26N4O2S/c1-2-27-12-10-18(11-13-27)26-23(29)20-8-3-4-9-21(20)30-16-22(28)25-19-7-5-6-17(14-19)15-24/h3-9,14,18H,2,10-13,16H2,1H3,(H,25,28)(H,26,29). The first-order valence-electron chi connectivity index (χ1n) is 10.1. The van der Waals surface area contributed by atoms with Crippen molar-refractivity contribution in [2.45, 2.75) is 30.7 Å². The lowest BCUT2D eigenvalue weighted by molar-refractivity contribution is -0.113. The molecule has 30 heavy (non-hydrogen) atoms. The maximum absolute atomic E-state index is 12.8. The number of hydrogen-bond acceptors (Lipinski definition) is 5. The molecule has 1 aliphatic heterocycles. The van der Waals surface area contributed by atoms with Crippen LogP contribution < -0.4 is 10.6 Å². The molecule has 1 fully saturated rings. The van der Waals surface area contributed by atoms with Crippen LogP contribution in [0.15, 0.2) is 53.4 Å². The summed E-state index contributed by atoms with van der Waals surface area (Å²) in [5.74, 6) is -0.0944. The Morgan fingerprint density at radius 3 is 2.67 bits per heavy atom. The third-order valence-corrected chi connectivity index (χ3v) is 6.21. The Kier molecular flexibility index (Phi) is 7.89. The van der Waals surface area contributed by atoms with Crippen LogP contribution in [0.2, 0.25) is 0 Å². The van der Waals surface area contributed by atoms with Crippen molar-refractivity contribution in [3.8, 4) is 6.07 Å². The zero-order valence-corrected chi connectivity index (χ0v) is 17.9. The molecule has 0 atom stereocenters. The highest BCUT2D eigenvalue weighted by atomic mass is 32.2. The molecule has 2 aromatic carbocycles. The van der Waals surface area contributed by atoms with E-state index in [1.54, 1.807) is 30.3 Å². The monoisotopic (exact) mass is 422 g/mol. The van der Waals surface area contributed by atoms with E-state index in [1.807, 2.05) is 18.2 Å². The molecule has 2 N–H and O–H groups in total. The van der Waals surface area contributed by atoms with Gasteiger partial charge in [0.2, 0.25) is 5.91 Å². The van der Waals surface area contributed by atoms with E-state index in [-0.39, 0.29) is 23.6 Å². The Bertz CT molecular complexity index is 933. The second-order valence-electron chi connectivity index (χ2n) is 7.21. The minimum absolute atomic E-state index is 0.0878. The average molecular weight is 423 g/mol. The minimum Gasteiger partial charge on any atom is -0.349 e. The number of nitriles is 1. The number of anilines is 1. The van der Waals surface area contributed by atoms with E-state index < -0.39 is 0 Å². The summed E-state index contributed by atoms with van der Waals surface area (Å²) >= 11 is 1.33. The number of nitrogens with one attached hydrogen (secondary N) is 2. The fourth-order valence-corrected chi connectivity index (χ4v) is 4.29. The van der Waals surface area contributed by atoms with E-state index in [9.17, 15) is 9.59 Å². The number of likely N-dealkylation sites (tertiary alicyclic amines) is 1. The molecular weight excluding hydrogens is 396 g/mol. The molecule has 1 aliphatic rings. The Labute approximate surface area is 181 Å². The molecule has 0 unspecified atom stereocenters. The number of nitrogens with zero attached hydrogens (tertiary/aromatic N) is 2. The minimum atomic E-state index is -0.183. The summed E-state index contributed by atoms with van der Waals surface area (Å²) < 4.78 is 0. The number of amides is 2. The fourth-order valence-electron chi connectivity index (χ4n) is 3.44. The highest BCUT2D eigenvalue weighted by Crippen LogP contribution is 2.23. The zero-order chi connectivity index (χ0) is 21.3. The lowest BCUT2D eigenvalue weighted by atomic mass is 10.0. The first-order chi connectivity index (χ1) is 14.6. The zero-order valence-electron chi connectivity index (χ0n) is 17.1.